The van der Waals surface area contributed by atoms with Gasteiger partial charge >= 0.3 is 0 Å². The maximum absolute atomic E-state index is 13.2. The molecule has 1 aliphatic carbocycles. The average molecular weight is 417 g/mol. The van der Waals surface area contributed by atoms with Crippen molar-refractivity contribution in [2.24, 2.45) is 5.41 Å². The molecular weight excluding hydrogens is 384 g/mol. The molecule has 164 valence electrons. The molecule has 30 heavy (non-hydrogen) atoms. The van der Waals surface area contributed by atoms with E-state index in [9.17, 15) is 14.4 Å². The Bertz CT molecular complexity index is 788. The summed E-state index contributed by atoms with van der Waals surface area (Å²) in [4.78, 5) is 38.2. The highest BCUT2D eigenvalue weighted by Crippen LogP contribution is 2.41. The van der Waals surface area contributed by atoms with Crippen molar-refractivity contribution < 1.29 is 23.9 Å². The van der Waals surface area contributed by atoms with Gasteiger partial charge in [-0.2, -0.15) is 0 Å². The fourth-order valence-electron chi connectivity index (χ4n) is 4.50. The van der Waals surface area contributed by atoms with Crippen LogP contribution in [0.1, 0.15) is 62.7 Å². The Kier molecular flexibility index (Phi) is 7.13. The van der Waals surface area contributed by atoms with Gasteiger partial charge in [-0.25, -0.2) is 0 Å². The summed E-state index contributed by atoms with van der Waals surface area (Å²) in [7, 11) is 1.54. The van der Waals surface area contributed by atoms with Crippen LogP contribution < -0.4 is 15.4 Å². The topological polar surface area (TPSA) is 93.7 Å². The van der Waals surface area contributed by atoms with Crippen LogP contribution in [-0.4, -0.2) is 49.5 Å². The van der Waals surface area contributed by atoms with E-state index in [0.29, 0.717) is 24.2 Å². The van der Waals surface area contributed by atoms with E-state index in [1.54, 1.807) is 31.4 Å². The van der Waals surface area contributed by atoms with E-state index in [1.807, 2.05) is 6.92 Å². The van der Waals surface area contributed by atoms with E-state index in [2.05, 4.69) is 17.6 Å². The number of rotatable bonds is 8. The summed E-state index contributed by atoms with van der Waals surface area (Å²) < 4.78 is 10.7. The Morgan fingerprint density at radius 1 is 1.30 bits per heavy atom. The molecule has 0 bridgehead atoms. The Morgan fingerprint density at radius 3 is 2.70 bits per heavy atom. The van der Waals surface area contributed by atoms with Crippen molar-refractivity contribution in [3.05, 3.63) is 29.8 Å². The minimum atomic E-state index is -0.724. The summed E-state index contributed by atoms with van der Waals surface area (Å²) in [5, 5.41) is 5.75. The van der Waals surface area contributed by atoms with Crippen LogP contribution in [0.15, 0.2) is 24.3 Å². The van der Waals surface area contributed by atoms with E-state index >= 15 is 0 Å². The van der Waals surface area contributed by atoms with Crippen LogP contribution in [0.2, 0.25) is 0 Å². The first-order valence-electron chi connectivity index (χ1n) is 10.7. The van der Waals surface area contributed by atoms with Crippen molar-refractivity contribution in [3.63, 3.8) is 0 Å². The number of carbonyl (C=O) groups is 3. The summed E-state index contributed by atoms with van der Waals surface area (Å²) >= 11 is 0. The van der Waals surface area contributed by atoms with Crippen molar-refractivity contribution >= 4 is 17.6 Å². The maximum Gasteiger partial charge on any atom is 0.252 e. The van der Waals surface area contributed by atoms with Crippen molar-refractivity contribution in [2.45, 2.75) is 70.6 Å². The summed E-state index contributed by atoms with van der Waals surface area (Å²) in [6.45, 7) is 4.10. The van der Waals surface area contributed by atoms with Gasteiger partial charge in [-0.05, 0) is 49.3 Å². The van der Waals surface area contributed by atoms with Crippen LogP contribution >= 0.6 is 0 Å². The lowest BCUT2D eigenvalue weighted by molar-refractivity contribution is -0.128. The molecule has 0 spiro atoms. The largest absolute Gasteiger partial charge is 0.497 e. The van der Waals surface area contributed by atoms with E-state index < -0.39 is 12.1 Å². The van der Waals surface area contributed by atoms with Crippen molar-refractivity contribution in [1.29, 1.82) is 0 Å². The van der Waals surface area contributed by atoms with Crippen LogP contribution in [0, 0.1) is 5.41 Å². The smallest absolute Gasteiger partial charge is 0.252 e. The van der Waals surface area contributed by atoms with Crippen molar-refractivity contribution in [1.82, 2.24) is 10.6 Å². The number of ether oxygens (including phenoxy) is 2. The van der Waals surface area contributed by atoms with Gasteiger partial charge in [0, 0.05) is 5.56 Å². The minimum Gasteiger partial charge on any atom is -0.497 e. The molecule has 7 heteroatoms. The highest BCUT2D eigenvalue weighted by Gasteiger charge is 2.39. The molecule has 3 rings (SSSR count). The summed E-state index contributed by atoms with van der Waals surface area (Å²) in [5.41, 5.74) is 0.416. The van der Waals surface area contributed by atoms with Gasteiger partial charge in [-0.1, -0.05) is 32.8 Å². The number of carbonyl (C=O) groups excluding carboxylic acids is 3. The Morgan fingerprint density at radius 2 is 2.03 bits per heavy atom. The first-order chi connectivity index (χ1) is 14.3. The zero-order valence-electron chi connectivity index (χ0n) is 18.0. The number of methoxy groups -OCH3 is 1. The standard InChI is InChI=1S/C23H32N2O5/c1-4-19-20(18(26)14-30-19)25-22(28)17(13-23(2)10-5-6-11-23)24-21(27)15-8-7-9-16(12-15)29-3/h7-9,12,17,19-20H,4-6,10-11,13-14H2,1-3H3,(H,24,27)(H,25,28)/t17-,19-,20?/m0/s1. The zero-order valence-corrected chi connectivity index (χ0v) is 18.0. The van der Waals surface area contributed by atoms with Gasteiger partial charge in [-0.3, -0.25) is 14.4 Å². The molecule has 1 aromatic carbocycles. The average Bonchev–Trinajstić information content (AvgIpc) is 3.33. The molecule has 3 atom stereocenters. The van der Waals surface area contributed by atoms with E-state index in [-0.39, 0.29) is 35.7 Å². The highest BCUT2D eigenvalue weighted by molar-refractivity contribution is 5.99. The van der Waals surface area contributed by atoms with E-state index in [1.165, 1.54) is 0 Å². The van der Waals surface area contributed by atoms with Gasteiger partial charge in [0.15, 0.2) is 5.78 Å². The second-order valence-corrected chi connectivity index (χ2v) is 8.69. The number of hydrogen-bond donors (Lipinski definition) is 2. The lowest BCUT2D eigenvalue weighted by Crippen LogP contribution is -2.54. The van der Waals surface area contributed by atoms with Crippen LogP contribution in [0.25, 0.3) is 0 Å². The molecule has 2 fully saturated rings. The van der Waals surface area contributed by atoms with Crippen LogP contribution in [0.3, 0.4) is 0 Å². The lowest BCUT2D eigenvalue weighted by atomic mass is 9.81. The summed E-state index contributed by atoms with van der Waals surface area (Å²) in [5.74, 6) is -0.218. The number of ketones is 1. The molecule has 1 saturated carbocycles. The van der Waals surface area contributed by atoms with Crippen molar-refractivity contribution in [2.75, 3.05) is 13.7 Å². The third-order valence-corrected chi connectivity index (χ3v) is 6.32. The first-order valence-corrected chi connectivity index (χ1v) is 10.7. The van der Waals surface area contributed by atoms with Gasteiger partial charge in [0.05, 0.1) is 13.2 Å². The Balaban J connectivity index is 1.76. The highest BCUT2D eigenvalue weighted by atomic mass is 16.5. The molecule has 1 unspecified atom stereocenters. The number of hydrogen-bond acceptors (Lipinski definition) is 5. The summed E-state index contributed by atoms with van der Waals surface area (Å²) in [6, 6.07) is 5.44. The fourth-order valence-corrected chi connectivity index (χ4v) is 4.50. The zero-order chi connectivity index (χ0) is 21.7. The third kappa shape index (κ3) is 5.19. The quantitative estimate of drug-likeness (QED) is 0.679. The van der Waals surface area contributed by atoms with Crippen LogP contribution in [0.5, 0.6) is 5.75 Å². The number of Topliss-reactive ketones (excluding diaryl/α,β-unsaturated/α-hetero) is 1. The SMILES string of the molecule is CC[C@@H]1OCC(=O)C1NC(=O)[C@H](CC1(C)CCCC1)NC(=O)c1cccc(OC)c1. The number of benzene rings is 1. The monoisotopic (exact) mass is 416 g/mol. The predicted molar refractivity (Wildman–Crippen MR) is 112 cm³/mol. The number of nitrogens with one attached hydrogen (secondary N) is 2. The van der Waals surface area contributed by atoms with E-state index in [0.717, 1.165) is 25.7 Å². The molecule has 1 aliphatic heterocycles. The predicted octanol–water partition coefficient (Wildman–Crippen LogP) is 2.63. The molecule has 2 N–H and O–H groups in total. The Labute approximate surface area is 177 Å². The van der Waals surface area contributed by atoms with Gasteiger partial charge in [0.25, 0.3) is 5.91 Å². The molecule has 7 nitrogen and oxygen atoms in total. The molecular formula is C23H32N2O5. The molecule has 1 heterocycles. The Hall–Kier alpha value is -2.41. The fraction of sp³-hybridized carbons (Fsp3) is 0.609. The third-order valence-electron chi connectivity index (χ3n) is 6.32. The lowest BCUT2D eigenvalue weighted by Gasteiger charge is -2.30. The van der Waals surface area contributed by atoms with Gasteiger partial charge in [0.2, 0.25) is 5.91 Å². The second kappa shape index (κ2) is 9.60. The molecule has 0 aromatic heterocycles. The van der Waals surface area contributed by atoms with Crippen LogP contribution in [-0.2, 0) is 14.3 Å². The second-order valence-electron chi connectivity index (χ2n) is 8.69. The number of amides is 2. The molecule has 2 aliphatic rings. The van der Waals surface area contributed by atoms with Gasteiger partial charge < -0.3 is 20.1 Å². The normalized spacial score (nSPS) is 23.8. The van der Waals surface area contributed by atoms with E-state index in [4.69, 9.17) is 9.47 Å². The molecule has 2 amide bonds. The minimum absolute atomic E-state index is 0.00991. The maximum atomic E-state index is 13.2. The van der Waals surface area contributed by atoms with Gasteiger partial charge in [-0.15, -0.1) is 0 Å². The van der Waals surface area contributed by atoms with Gasteiger partial charge in [0.1, 0.15) is 24.4 Å². The molecule has 1 aromatic rings. The molecule has 1 saturated heterocycles. The summed E-state index contributed by atoms with van der Waals surface area (Å²) in [6.07, 6.45) is 5.15. The first kappa shape index (κ1) is 22.3. The molecule has 0 radical (unpaired) electrons. The van der Waals surface area contributed by atoms with Crippen molar-refractivity contribution in [3.8, 4) is 5.75 Å². The van der Waals surface area contributed by atoms with Crippen LogP contribution in [0.4, 0.5) is 0 Å².